The highest BCUT2D eigenvalue weighted by Gasteiger charge is 2.23. The zero-order chi connectivity index (χ0) is 37.5. The third kappa shape index (κ3) is 4.91. The van der Waals surface area contributed by atoms with Crippen LogP contribution in [0.1, 0.15) is 0 Å². The van der Waals surface area contributed by atoms with Crippen molar-refractivity contribution in [2.45, 2.75) is 0 Å². The Kier molecular flexibility index (Phi) is 7.03. The van der Waals surface area contributed by atoms with E-state index >= 15 is 0 Å². The van der Waals surface area contributed by atoms with Crippen molar-refractivity contribution in [3.8, 4) is 45.5 Å². The monoisotopic (exact) mass is 745 g/mol. The highest BCUT2D eigenvalue weighted by molar-refractivity contribution is 7.26. The SMILES string of the molecule is c1ccc(-c2cccc(-n3c4ccccc4c4c5c6ccccc6n(-c6nc(-c7ccccc7)nc(-c7cccc8c7sc7ccccc78)n6)c5ccc43)c2)cc1. The van der Waals surface area contributed by atoms with E-state index in [0.717, 1.165) is 44.3 Å². The molecule has 0 aliphatic rings. The van der Waals surface area contributed by atoms with Crippen LogP contribution in [0, 0.1) is 0 Å². The van der Waals surface area contributed by atoms with E-state index in [4.69, 9.17) is 15.0 Å². The fourth-order valence-electron chi connectivity index (χ4n) is 8.69. The zero-order valence-electron chi connectivity index (χ0n) is 30.5. The minimum Gasteiger partial charge on any atom is -0.309 e. The van der Waals surface area contributed by atoms with Gasteiger partial charge in [0.1, 0.15) is 0 Å². The van der Waals surface area contributed by atoms with Crippen molar-refractivity contribution >= 4 is 75.1 Å². The Balaban J connectivity index is 1.15. The van der Waals surface area contributed by atoms with Gasteiger partial charge in [-0.1, -0.05) is 140 Å². The van der Waals surface area contributed by atoms with E-state index in [0.29, 0.717) is 17.6 Å². The first-order valence-electron chi connectivity index (χ1n) is 19.1. The Hall–Kier alpha value is -7.41. The average molecular weight is 746 g/mol. The Morgan fingerprint density at radius 3 is 1.68 bits per heavy atom. The van der Waals surface area contributed by atoms with E-state index in [-0.39, 0.29) is 0 Å². The molecule has 0 unspecified atom stereocenters. The number of thiophene rings is 1. The first kappa shape index (κ1) is 31.9. The lowest BCUT2D eigenvalue weighted by molar-refractivity contribution is 0.954. The third-order valence-electron chi connectivity index (χ3n) is 11.2. The molecule has 266 valence electrons. The Bertz CT molecular complexity index is 3520. The molecule has 4 heterocycles. The quantitative estimate of drug-likeness (QED) is 0.176. The number of rotatable bonds is 5. The smallest absolute Gasteiger partial charge is 0.238 e. The summed E-state index contributed by atoms with van der Waals surface area (Å²) in [5.41, 5.74) is 9.83. The van der Waals surface area contributed by atoms with Gasteiger partial charge in [-0.25, -0.2) is 4.98 Å². The summed E-state index contributed by atoms with van der Waals surface area (Å²) in [7, 11) is 0. The van der Waals surface area contributed by atoms with Crippen molar-refractivity contribution in [3.05, 3.63) is 188 Å². The molecule has 0 aliphatic carbocycles. The molecular weight excluding hydrogens is 715 g/mol. The van der Waals surface area contributed by atoms with Crippen LogP contribution in [0.25, 0.3) is 109 Å². The van der Waals surface area contributed by atoms with Gasteiger partial charge in [-0.15, -0.1) is 11.3 Å². The van der Waals surface area contributed by atoms with Crippen LogP contribution in [0.15, 0.2) is 188 Å². The number of aromatic nitrogens is 5. The number of hydrogen-bond acceptors (Lipinski definition) is 4. The Labute approximate surface area is 331 Å². The molecule has 12 aromatic rings. The molecule has 6 heteroatoms. The maximum atomic E-state index is 5.37. The topological polar surface area (TPSA) is 48.5 Å². The molecule has 12 rings (SSSR count). The molecule has 4 aromatic heterocycles. The van der Waals surface area contributed by atoms with Gasteiger partial charge in [0, 0.05) is 58.5 Å². The largest absolute Gasteiger partial charge is 0.309 e. The highest BCUT2D eigenvalue weighted by atomic mass is 32.1. The fourth-order valence-corrected chi connectivity index (χ4v) is 9.90. The van der Waals surface area contributed by atoms with Crippen LogP contribution in [0.2, 0.25) is 0 Å². The van der Waals surface area contributed by atoms with Gasteiger partial charge in [-0.3, -0.25) is 4.57 Å². The maximum Gasteiger partial charge on any atom is 0.238 e. The highest BCUT2D eigenvalue weighted by Crippen LogP contribution is 2.43. The lowest BCUT2D eigenvalue weighted by atomic mass is 10.0. The number of fused-ring (bicyclic) bond motifs is 10. The second-order valence-corrected chi connectivity index (χ2v) is 15.5. The van der Waals surface area contributed by atoms with Gasteiger partial charge in [-0.05, 0) is 59.7 Å². The molecule has 0 radical (unpaired) electrons. The summed E-state index contributed by atoms with van der Waals surface area (Å²) < 4.78 is 7.05. The van der Waals surface area contributed by atoms with E-state index in [1.54, 1.807) is 11.3 Å². The van der Waals surface area contributed by atoms with Crippen molar-refractivity contribution in [3.63, 3.8) is 0 Å². The minimum absolute atomic E-state index is 0.585. The summed E-state index contributed by atoms with van der Waals surface area (Å²) in [6.45, 7) is 0. The summed E-state index contributed by atoms with van der Waals surface area (Å²) in [6.07, 6.45) is 0. The van der Waals surface area contributed by atoms with Gasteiger partial charge in [-0.2, -0.15) is 9.97 Å². The first-order chi connectivity index (χ1) is 28.3. The molecule has 5 nitrogen and oxygen atoms in total. The Morgan fingerprint density at radius 2 is 0.930 bits per heavy atom. The predicted molar refractivity (Wildman–Crippen MR) is 238 cm³/mol. The molecule has 0 amide bonds. The van der Waals surface area contributed by atoms with Crippen molar-refractivity contribution in [1.82, 2.24) is 24.1 Å². The molecule has 0 fully saturated rings. The second kappa shape index (κ2) is 12.6. The van der Waals surface area contributed by atoms with Gasteiger partial charge in [0.05, 0.1) is 22.1 Å². The van der Waals surface area contributed by atoms with Crippen LogP contribution >= 0.6 is 11.3 Å². The van der Waals surface area contributed by atoms with E-state index in [9.17, 15) is 0 Å². The van der Waals surface area contributed by atoms with Gasteiger partial charge in [0.2, 0.25) is 5.95 Å². The van der Waals surface area contributed by atoms with Crippen LogP contribution in [-0.2, 0) is 0 Å². The third-order valence-corrected chi connectivity index (χ3v) is 12.4. The molecule has 0 aliphatic heterocycles. The molecule has 8 aromatic carbocycles. The first-order valence-corrected chi connectivity index (χ1v) is 19.9. The molecular formula is C51H31N5S. The van der Waals surface area contributed by atoms with Gasteiger partial charge < -0.3 is 4.57 Å². The van der Waals surface area contributed by atoms with E-state index in [1.165, 1.54) is 47.5 Å². The van der Waals surface area contributed by atoms with Gasteiger partial charge in [0.25, 0.3) is 0 Å². The molecule has 0 saturated carbocycles. The maximum absolute atomic E-state index is 5.37. The summed E-state index contributed by atoms with van der Waals surface area (Å²) in [5.74, 6) is 1.87. The number of hydrogen-bond donors (Lipinski definition) is 0. The van der Waals surface area contributed by atoms with E-state index < -0.39 is 0 Å². The standard InChI is InChI=1S/C51H31N5S/c1-3-15-32(16-4-1)34-19-13-20-35(31-34)55-41-26-10-7-22-38(41)46-43(55)29-30-44-47(46)39-23-8-11-27-42(39)56(44)51-53-49(33-17-5-2-6-18-33)52-50(54-51)40-25-14-24-37-36-21-9-12-28-45(36)57-48(37)40/h1-31H. The normalized spacial score (nSPS) is 11.9. The molecule has 0 N–H and O–H groups in total. The molecule has 0 atom stereocenters. The number of nitrogens with zero attached hydrogens (tertiary/aromatic N) is 5. The zero-order valence-corrected chi connectivity index (χ0v) is 31.4. The van der Waals surface area contributed by atoms with Crippen LogP contribution < -0.4 is 0 Å². The number of para-hydroxylation sites is 2. The van der Waals surface area contributed by atoms with Crippen LogP contribution in [0.5, 0.6) is 0 Å². The predicted octanol–water partition coefficient (Wildman–Crippen LogP) is 13.4. The van der Waals surface area contributed by atoms with Crippen molar-refractivity contribution in [2.24, 2.45) is 0 Å². The van der Waals surface area contributed by atoms with Crippen LogP contribution in [0.3, 0.4) is 0 Å². The minimum atomic E-state index is 0.585. The molecule has 0 bridgehead atoms. The van der Waals surface area contributed by atoms with Crippen molar-refractivity contribution in [1.29, 1.82) is 0 Å². The summed E-state index contributed by atoms with van der Waals surface area (Å²) in [6, 6.07) is 66.6. The Morgan fingerprint density at radius 1 is 0.368 bits per heavy atom. The van der Waals surface area contributed by atoms with E-state index in [1.807, 2.05) is 18.2 Å². The summed E-state index contributed by atoms with van der Waals surface area (Å²) in [4.78, 5) is 15.8. The van der Waals surface area contributed by atoms with Crippen LogP contribution in [-0.4, -0.2) is 24.1 Å². The van der Waals surface area contributed by atoms with Gasteiger partial charge in [0.15, 0.2) is 11.6 Å². The summed E-state index contributed by atoms with van der Waals surface area (Å²) in [5, 5.41) is 7.18. The molecule has 0 saturated heterocycles. The lowest BCUT2D eigenvalue weighted by Gasteiger charge is -2.12. The average Bonchev–Trinajstić information content (AvgIpc) is 3.95. The van der Waals surface area contributed by atoms with E-state index in [2.05, 4.69) is 179 Å². The van der Waals surface area contributed by atoms with Crippen molar-refractivity contribution < 1.29 is 0 Å². The van der Waals surface area contributed by atoms with Crippen LogP contribution in [0.4, 0.5) is 0 Å². The fraction of sp³-hybridized carbons (Fsp3) is 0. The second-order valence-electron chi connectivity index (χ2n) is 14.4. The summed E-state index contributed by atoms with van der Waals surface area (Å²) >= 11 is 1.79. The lowest BCUT2D eigenvalue weighted by Crippen LogP contribution is -2.06. The molecule has 0 spiro atoms. The van der Waals surface area contributed by atoms with Gasteiger partial charge >= 0.3 is 0 Å². The van der Waals surface area contributed by atoms with Crippen molar-refractivity contribution in [2.75, 3.05) is 0 Å². The number of benzene rings is 8. The molecule has 57 heavy (non-hydrogen) atoms.